The van der Waals surface area contributed by atoms with Gasteiger partial charge in [-0.3, -0.25) is 9.79 Å². The van der Waals surface area contributed by atoms with Crippen LogP contribution in [0, 0.1) is 12.7 Å². The molecule has 0 radical (unpaired) electrons. The van der Waals surface area contributed by atoms with Gasteiger partial charge in [-0.25, -0.2) is 4.39 Å². The molecule has 5 nitrogen and oxygen atoms in total. The van der Waals surface area contributed by atoms with Crippen molar-refractivity contribution in [2.75, 3.05) is 25.2 Å². The van der Waals surface area contributed by atoms with E-state index in [9.17, 15) is 9.18 Å². The van der Waals surface area contributed by atoms with Crippen molar-refractivity contribution in [2.45, 2.75) is 18.4 Å². The Kier molecular flexibility index (Phi) is 7.47. The van der Waals surface area contributed by atoms with Crippen molar-refractivity contribution in [1.29, 1.82) is 0 Å². The fourth-order valence-electron chi connectivity index (χ4n) is 2.30. The van der Waals surface area contributed by atoms with E-state index in [-0.39, 0.29) is 18.3 Å². The summed E-state index contributed by atoms with van der Waals surface area (Å²) < 4.78 is 12.9. The number of amides is 1. The quantitative estimate of drug-likeness (QED) is 0.413. The maximum absolute atomic E-state index is 12.9. The highest BCUT2D eigenvalue weighted by molar-refractivity contribution is 7.98. The molecule has 3 N–H and O–H groups in total. The molecule has 0 bridgehead atoms. The second-order valence-electron chi connectivity index (χ2n) is 5.65. The topological polar surface area (TPSA) is 65.5 Å². The second-order valence-corrected chi connectivity index (χ2v) is 6.50. The van der Waals surface area contributed by atoms with E-state index in [1.807, 2.05) is 6.26 Å². The Bertz CT molecular complexity index is 778. The Hall–Kier alpha value is -2.54. The van der Waals surface area contributed by atoms with Gasteiger partial charge >= 0.3 is 0 Å². The molecule has 2 aromatic carbocycles. The maximum Gasteiger partial charge on any atom is 0.243 e. The average molecular weight is 374 g/mol. The lowest BCUT2D eigenvalue weighted by atomic mass is 10.1. The van der Waals surface area contributed by atoms with Gasteiger partial charge in [-0.15, -0.1) is 11.8 Å². The Morgan fingerprint density at radius 3 is 2.54 bits per heavy atom. The number of hydrogen-bond acceptors (Lipinski definition) is 3. The number of aliphatic imine (C=N–C) groups is 1. The molecule has 2 rings (SSSR count). The van der Waals surface area contributed by atoms with E-state index < -0.39 is 0 Å². The van der Waals surface area contributed by atoms with Gasteiger partial charge in [0.2, 0.25) is 5.91 Å². The van der Waals surface area contributed by atoms with Crippen LogP contribution in [0.15, 0.2) is 52.4 Å². The zero-order chi connectivity index (χ0) is 18.9. The van der Waals surface area contributed by atoms with E-state index in [4.69, 9.17) is 0 Å². The zero-order valence-corrected chi connectivity index (χ0v) is 15.9. The molecule has 0 aromatic heterocycles. The molecular weight excluding hydrogens is 351 g/mol. The van der Waals surface area contributed by atoms with Crippen molar-refractivity contribution < 1.29 is 9.18 Å². The Morgan fingerprint density at radius 1 is 1.15 bits per heavy atom. The Balaban J connectivity index is 1.84. The number of aryl methyl sites for hydroxylation is 1. The van der Waals surface area contributed by atoms with Crippen molar-refractivity contribution in [2.24, 2.45) is 4.99 Å². The summed E-state index contributed by atoms with van der Waals surface area (Å²) in [5, 5.41) is 8.86. The SMILES string of the molecule is CN=C(NCC(=O)Nc1ccc(F)cc1)NCc1ccc(C)cc1SC. The van der Waals surface area contributed by atoms with Gasteiger partial charge in [0.15, 0.2) is 5.96 Å². The molecule has 2 aromatic rings. The summed E-state index contributed by atoms with van der Waals surface area (Å²) in [5.74, 6) is -0.0435. The van der Waals surface area contributed by atoms with Gasteiger partial charge in [-0.2, -0.15) is 0 Å². The lowest BCUT2D eigenvalue weighted by molar-refractivity contribution is -0.115. The first-order valence-electron chi connectivity index (χ1n) is 8.15. The predicted molar refractivity (Wildman–Crippen MR) is 106 cm³/mol. The van der Waals surface area contributed by atoms with E-state index in [0.717, 1.165) is 0 Å². The van der Waals surface area contributed by atoms with Crippen LogP contribution < -0.4 is 16.0 Å². The summed E-state index contributed by atoms with van der Waals surface area (Å²) in [6.45, 7) is 2.73. The van der Waals surface area contributed by atoms with Crippen LogP contribution in [-0.4, -0.2) is 31.7 Å². The molecule has 0 aliphatic heterocycles. The van der Waals surface area contributed by atoms with Crippen LogP contribution in [0.1, 0.15) is 11.1 Å². The van der Waals surface area contributed by atoms with Gasteiger partial charge in [0, 0.05) is 24.2 Å². The predicted octanol–water partition coefficient (Wildman–Crippen LogP) is 3.16. The fourth-order valence-corrected chi connectivity index (χ4v) is 3.01. The Labute approximate surface area is 157 Å². The molecule has 1 amide bonds. The monoisotopic (exact) mass is 374 g/mol. The van der Waals surface area contributed by atoms with Gasteiger partial charge in [-0.05, 0) is 54.6 Å². The van der Waals surface area contributed by atoms with Gasteiger partial charge in [0.1, 0.15) is 5.82 Å². The molecule has 0 aliphatic carbocycles. The van der Waals surface area contributed by atoms with E-state index in [2.05, 4.69) is 46.1 Å². The summed E-state index contributed by atoms with van der Waals surface area (Å²) in [6.07, 6.45) is 2.05. The number of thioether (sulfide) groups is 1. The summed E-state index contributed by atoms with van der Waals surface area (Å²) in [6, 6.07) is 11.9. The molecule has 0 unspecified atom stereocenters. The fraction of sp³-hybridized carbons (Fsp3) is 0.263. The average Bonchev–Trinajstić information content (AvgIpc) is 2.64. The first-order chi connectivity index (χ1) is 12.5. The van der Waals surface area contributed by atoms with E-state index >= 15 is 0 Å². The van der Waals surface area contributed by atoms with Crippen molar-refractivity contribution in [1.82, 2.24) is 10.6 Å². The molecule has 0 spiro atoms. The van der Waals surface area contributed by atoms with Crippen LogP contribution in [0.4, 0.5) is 10.1 Å². The largest absolute Gasteiger partial charge is 0.352 e. The number of rotatable bonds is 6. The zero-order valence-electron chi connectivity index (χ0n) is 15.1. The van der Waals surface area contributed by atoms with Gasteiger partial charge < -0.3 is 16.0 Å². The number of nitrogens with one attached hydrogen (secondary N) is 3. The molecule has 7 heteroatoms. The molecule has 0 atom stereocenters. The number of hydrogen-bond donors (Lipinski definition) is 3. The van der Waals surface area contributed by atoms with Crippen LogP contribution in [-0.2, 0) is 11.3 Å². The molecule has 0 saturated carbocycles. The number of guanidine groups is 1. The van der Waals surface area contributed by atoms with E-state index in [1.54, 1.807) is 18.8 Å². The van der Waals surface area contributed by atoms with Crippen molar-refractivity contribution in [3.8, 4) is 0 Å². The van der Waals surface area contributed by atoms with Gasteiger partial charge in [0.25, 0.3) is 0 Å². The molecule has 0 aliphatic rings. The standard InChI is InChI=1S/C19H23FN4OS/c1-13-4-5-14(17(10-13)26-3)11-22-19(21-2)23-12-18(25)24-16-8-6-15(20)7-9-16/h4-10H,11-12H2,1-3H3,(H,24,25)(H2,21,22,23). The third-order valence-corrected chi connectivity index (χ3v) is 4.48. The molecule has 26 heavy (non-hydrogen) atoms. The number of nitrogens with zero attached hydrogens (tertiary/aromatic N) is 1. The minimum Gasteiger partial charge on any atom is -0.352 e. The summed E-state index contributed by atoms with van der Waals surface area (Å²) >= 11 is 1.70. The number of carbonyl (C=O) groups excluding carboxylic acids is 1. The number of halogens is 1. The van der Waals surface area contributed by atoms with Crippen molar-refractivity contribution in [3.05, 3.63) is 59.4 Å². The van der Waals surface area contributed by atoms with Crippen molar-refractivity contribution >= 4 is 29.3 Å². The normalized spacial score (nSPS) is 11.2. The van der Waals surface area contributed by atoms with Gasteiger partial charge in [0.05, 0.1) is 6.54 Å². The van der Waals surface area contributed by atoms with Crippen LogP contribution in [0.5, 0.6) is 0 Å². The second kappa shape index (κ2) is 9.82. The first-order valence-corrected chi connectivity index (χ1v) is 9.37. The molecular formula is C19H23FN4OS. The van der Waals surface area contributed by atoms with Crippen LogP contribution in [0.3, 0.4) is 0 Å². The Morgan fingerprint density at radius 2 is 1.88 bits per heavy atom. The lowest BCUT2D eigenvalue weighted by Gasteiger charge is -2.14. The smallest absolute Gasteiger partial charge is 0.243 e. The van der Waals surface area contributed by atoms with Crippen LogP contribution in [0.25, 0.3) is 0 Å². The van der Waals surface area contributed by atoms with E-state index in [1.165, 1.54) is 40.3 Å². The third kappa shape index (κ3) is 6.07. The van der Waals surface area contributed by atoms with Crippen LogP contribution in [0.2, 0.25) is 0 Å². The molecule has 138 valence electrons. The van der Waals surface area contributed by atoms with Gasteiger partial charge in [-0.1, -0.05) is 12.1 Å². The number of anilines is 1. The highest BCUT2D eigenvalue weighted by Gasteiger charge is 2.06. The molecule has 0 heterocycles. The minimum absolute atomic E-state index is 0.0559. The highest BCUT2D eigenvalue weighted by atomic mass is 32.2. The summed E-state index contributed by atoms with van der Waals surface area (Å²) in [7, 11) is 1.65. The summed E-state index contributed by atoms with van der Waals surface area (Å²) in [5.41, 5.74) is 2.94. The number of benzene rings is 2. The molecule has 0 fully saturated rings. The first kappa shape index (κ1) is 19.8. The molecule has 0 saturated heterocycles. The van der Waals surface area contributed by atoms with Crippen LogP contribution >= 0.6 is 11.8 Å². The van der Waals surface area contributed by atoms with E-state index in [0.29, 0.717) is 18.2 Å². The maximum atomic E-state index is 12.9. The number of carbonyl (C=O) groups is 1. The highest BCUT2D eigenvalue weighted by Crippen LogP contribution is 2.21. The van der Waals surface area contributed by atoms with Crippen molar-refractivity contribution in [3.63, 3.8) is 0 Å². The third-order valence-electron chi connectivity index (χ3n) is 3.66. The lowest BCUT2D eigenvalue weighted by Crippen LogP contribution is -2.41. The summed E-state index contributed by atoms with van der Waals surface area (Å²) in [4.78, 5) is 17.3. The minimum atomic E-state index is -0.341.